The maximum absolute atomic E-state index is 13.7. The van der Waals surface area contributed by atoms with Crippen LogP contribution in [0.15, 0.2) is 42.5 Å². The van der Waals surface area contributed by atoms with E-state index in [0.29, 0.717) is 24.2 Å². The molecule has 0 aliphatic carbocycles. The molecule has 25 heavy (non-hydrogen) atoms. The second-order valence-electron chi connectivity index (χ2n) is 6.11. The smallest absolute Gasteiger partial charge is 0.239 e. The van der Waals surface area contributed by atoms with Gasteiger partial charge >= 0.3 is 0 Å². The van der Waals surface area contributed by atoms with Gasteiger partial charge in [-0.15, -0.1) is 0 Å². The van der Waals surface area contributed by atoms with Crippen molar-refractivity contribution in [3.8, 4) is 0 Å². The van der Waals surface area contributed by atoms with Crippen molar-refractivity contribution in [3.05, 3.63) is 65.2 Å². The third kappa shape index (κ3) is 3.68. The van der Waals surface area contributed by atoms with Crippen molar-refractivity contribution in [3.63, 3.8) is 0 Å². The molecule has 0 saturated carbocycles. The molecule has 1 fully saturated rings. The number of carbonyl (C=O) groups is 2. The van der Waals surface area contributed by atoms with E-state index < -0.39 is 5.92 Å². The Balaban J connectivity index is 1.63. The van der Waals surface area contributed by atoms with Gasteiger partial charge < -0.3 is 10.2 Å². The third-order valence-corrected chi connectivity index (χ3v) is 4.37. The van der Waals surface area contributed by atoms with Gasteiger partial charge in [0.2, 0.25) is 11.8 Å². The fourth-order valence-corrected chi connectivity index (χ4v) is 2.84. The molecule has 2 aromatic rings. The van der Waals surface area contributed by atoms with Gasteiger partial charge in [-0.3, -0.25) is 9.59 Å². The van der Waals surface area contributed by atoms with Crippen LogP contribution in [-0.2, 0) is 16.1 Å². The highest BCUT2D eigenvalue weighted by Gasteiger charge is 2.37. The van der Waals surface area contributed by atoms with E-state index in [4.69, 9.17) is 0 Å². The van der Waals surface area contributed by atoms with Crippen LogP contribution in [-0.4, -0.2) is 18.4 Å². The number of rotatable bonds is 4. The fourth-order valence-electron chi connectivity index (χ4n) is 2.84. The molecule has 1 aliphatic rings. The van der Waals surface area contributed by atoms with Gasteiger partial charge in [0.15, 0.2) is 0 Å². The van der Waals surface area contributed by atoms with Gasteiger partial charge in [-0.1, -0.05) is 18.2 Å². The summed E-state index contributed by atoms with van der Waals surface area (Å²) in [6.07, 6.45) is 0.379. The van der Waals surface area contributed by atoms with Crippen LogP contribution in [0, 0.1) is 24.5 Å². The topological polar surface area (TPSA) is 49.4 Å². The van der Waals surface area contributed by atoms with Gasteiger partial charge in [-0.2, -0.15) is 0 Å². The molecular formula is C19H18F2N2O2. The molecule has 2 aromatic carbocycles. The maximum Gasteiger partial charge on any atom is 0.239 e. The Morgan fingerprint density at radius 2 is 1.92 bits per heavy atom. The second kappa shape index (κ2) is 7.01. The monoisotopic (exact) mass is 344 g/mol. The Morgan fingerprint density at radius 3 is 2.60 bits per heavy atom. The number of amides is 2. The molecule has 1 heterocycles. The predicted molar refractivity (Wildman–Crippen MR) is 89.8 cm³/mol. The fraction of sp³-hybridized carbons (Fsp3) is 0.263. The molecule has 4 nitrogen and oxygen atoms in total. The number of anilines is 1. The van der Waals surface area contributed by atoms with Crippen LogP contribution in [0.1, 0.15) is 17.5 Å². The van der Waals surface area contributed by atoms with E-state index in [1.807, 2.05) is 0 Å². The van der Waals surface area contributed by atoms with Gasteiger partial charge in [-0.05, 0) is 48.7 Å². The van der Waals surface area contributed by atoms with E-state index >= 15 is 0 Å². The number of benzene rings is 2. The lowest BCUT2D eigenvalue weighted by atomic mass is 10.1. The summed E-state index contributed by atoms with van der Waals surface area (Å²) in [6.45, 7) is 2.24. The van der Waals surface area contributed by atoms with Crippen LogP contribution in [0.5, 0.6) is 0 Å². The Bertz CT molecular complexity index is 806. The molecule has 0 aromatic heterocycles. The first-order valence-corrected chi connectivity index (χ1v) is 8.05. The second-order valence-corrected chi connectivity index (χ2v) is 6.11. The Morgan fingerprint density at radius 1 is 1.20 bits per heavy atom. The summed E-state index contributed by atoms with van der Waals surface area (Å²) in [4.78, 5) is 26.2. The van der Waals surface area contributed by atoms with Gasteiger partial charge in [0, 0.05) is 18.8 Å². The van der Waals surface area contributed by atoms with Gasteiger partial charge in [0.1, 0.15) is 17.6 Å². The SMILES string of the molecule is Cc1ccc(N2CCC(C(=O)NCc3ccc(F)cc3)C2=O)cc1F. The molecule has 2 amide bonds. The molecular weight excluding hydrogens is 326 g/mol. The minimum absolute atomic E-state index is 0.224. The highest BCUT2D eigenvalue weighted by atomic mass is 19.1. The van der Waals surface area contributed by atoms with Gasteiger partial charge in [0.05, 0.1) is 0 Å². The Labute approximate surface area is 144 Å². The number of aryl methyl sites for hydroxylation is 1. The number of hydrogen-bond acceptors (Lipinski definition) is 2. The molecule has 1 N–H and O–H groups in total. The summed E-state index contributed by atoms with van der Waals surface area (Å²) >= 11 is 0. The molecule has 1 aliphatic heterocycles. The van der Waals surface area contributed by atoms with E-state index in [1.165, 1.54) is 23.1 Å². The molecule has 6 heteroatoms. The molecule has 0 spiro atoms. The van der Waals surface area contributed by atoms with Crippen LogP contribution in [0.4, 0.5) is 14.5 Å². The van der Waals surface area contributed by atoms with E-state index in [1.54, 1.807) is 31.2 Å². The zero-order valence-electron chi connectivity index (χ0n) is 13.8. The summed E-state index contributed by atoms with van der Waals surface area (Å²) in [5.41, 5.74) is 1.71. The first kappa shape index (κ1) is 17.1. The van der Waals surface area contributed by atoms with Crippen LogP contribution < -0.4 is 10.2 Å². The molecule has 130 valence electrons. The first-order valence-electron chi connectivity index (χ1n) is 8.05. The number of halogens is 2. The highest BCUT2D eigenvalue weighted by molar-refractivity contribution is 6.09. The molecule has 1 atom stereocenters. The number of carbonyl (C=O) groups excluding carboxylic acids is 2. The van der Waals surface area contributed by atoms with Gasteiger partial charge in [-0.25, -0.2) is 8.78 Å². The lowest BCUT2D eigenvalue weighted by molar-refractivity contribution is -0.132. The predicted octanol–water partition coefficient (Wildman–Crippen LogP) is 2.94. The van der Waals surface area contributed by atoms with Crippen LogP contribution in [0.3, 0.4) is 0 Å². The van der Waals surface area contributed by atoms with Crippen LogP contribution in [0.25, 0.3) is 0 Å². The Hall–Kier alpha value is -2.76. The van der Waals surface area contributed by atoms with E-state index in [0.717, 1.165) is 5.56 Å². The minimum atomic E-state index is -0.787. The first-order chi connectivity index (χ1) is 12.0. The number of nitrogens with zero attached hydrogens (tertiary/aromatic N) is 1. The van der Waals surface area contributed by atoms with Crippen LogP contribution >= 0.6 is 0 Å². The van der Waals surface area contributed by atoms with Crippen molar-refractivity contribution in [2.45, 2.75) is 19.9 Å². The average Bonchev–Trinajstić information content (AvgIpc) is 2.98. The number of hydrogen-bond donors (Lipinski definition) is 1. The maximum atomic E-state index is 13.7. The molecule has 0 radical (unpaired) electrons. The van der Waals surface area contributed by atoms with E-state index in [2.05, 4.69) is 5.32 Å². The van der Waals surface area contributed by atoms with E-state index in [-0.39, 0.29) is 30.0 Å². The van der Waals surface area contributed by atoms with Gasteiger partial charge in [0.25, 0.3) is 0 Å². The normalized spacial score (nSPS) is 17.0. The number of nitrogens with one attached hydrogen (secondary N) is 1. The highest BCUT2D eigenvalue weighted by Crippen LogP contribution is 2.26. The minimum Gasteiger partial charge on any atom is -0.351 e. The third-order valence-electron chi connectivity index (χ3n) is 4.37. The lowest BCUT2D eigenvalue weighted by Crippen LogP contribution is -2.36. The van der Waals surface area contributed by atoms with Crippen molar-refractivity contribution in [1.82, 2.24) is 5.32 Å². The average molecular weight is 344 g/mol. The summed E-state index contributed by atoms with van der Waals surface area (Å²) in [5.74, 6) is -2.22. The standard InChI is InChI=1S/C19H18F2N2O2/c1-12-2-7-15(10-17(12)21)23-9-8-16(19(23)25)18(24)22-11-13-3-5-14(20)6-4-13/h2-7,10,16H,8-9,11H2,1H3,(H,22,24). The lowest BCUT2D eigenvalue weighted by Gasteiger charge is -2.17. The summed E-state index contributed by atoms with van der Waals surface area (Å²) < 4.78 is 26.6. The quantitative estimate of drug-likeness (QED) is 0.867. The molecule has 3 rings (SSSR count). The van der Waals surface area contributed by atoms with Crippen molar-refractivity contribution >= 4 is 17.5 Å². The summed E-state index contributed by atoms with van der Waals surface area (Å²) in [5, 5.41) is 2.70. The molecule has 1 saturated heterocycles. The Kier molecular flexibility index (Phi) is 4.79. The summed E-state index contributed by atoms with van der Waals surface area (Å²) in [7, 11) is 0. The zero-order valence-corrected chi connectivity index (χ0v) is 13.8. The van der Waals surface area contributed by atoms with Crippen molar-refractivity contribution in [2.75, 3.05) is 11.4 Å². The van der Waals surface area contributed by atoms with Crippen molar-refractivity contribution < 1.29 is 18.4 Å². The van der Waals surface area contributed by atoms with Crippen molar-refractivity contribution in [2.24, 2.45) is 5.92 Å². The molecule has 0 bridgehead atoms. The van der Waals surface area contributed by atoms with Crippen LogP contribution in [0.2, 0.25) is 0 Å². The summed E-state index contributed by atoms with van der Waals surface area (Å²) in [6, 6.07) is 10.4. The largest absolute Gasteiger partial charge is 0.351 e. The van der Waals surface area contributed by atoms with E-state index in [9.17, 15) is 18.4 Å². The zero-order chi connectivity index (χ0) is 18.0. The van der Waals surface area contributed by atoms with Crippen molar-refractivity contribution in [1.29, 1.82) is 0 Å². The molecule has 1 unspecified atom stereocenters.